The normalized spacial score (nSPS) is 16.8. The van der Waals surface area contributed by atoms with Crippen LogP contribution in [0.15, 0.2) is 12.1 Å². The van der Waals surface area contributed by atoms with Crippen LogP contribution in [0, 0.1) is 0 Å². The maximum atomic E-state index is 3.71. The second-order valence-electron chi connectivity index (χ2n) is 5.17. The lowest BCUT2D eigenvalue weighted by molar-refractivity contribution is 0.505. The van der Waals surface area contributed by atoms with Gasteiger partial charge in [0.15, 0.2) is 0 Å². The number of aromatic nitrogens is 1. The van der Waals surface area contributed by atoms with Gasteiger partial charge in [-0.2, -0.15) is 0 Å². The average molecular weight is 234 g/mol. The summed E-state index contributed by atoms with van der Waals surface area (Å²) in [5, 5.41) is 3.71. The smallest absolute Gasteiger partial charge is 0.0361 e. The molecule has 2 rings (SSSR count). The fraction of sp³-hybridized carbons (Fsp3) is 0.733. The molecule has 0 aliphatic heterocycles. The highest BCUT2D eigenvalue weighted by Gasteiger charge is 2.15. The van der Waals surface area contributed by atoms with Crippen LogP contribution in [0.2, 0.25) is 0 Å². The molecule has 1 aromatic heterocycles. The Bertz CT molecular complexity index is 335. The first-order valence-corrected chi connectivity index (χ1v) is 7.25. The van der Waals surface area contributed by atoms with E-state index in [-0.39, 0.29) is 0 Å². The summed E-state index contributed by atoms with van der Waals surface area (Å²) in [4.78, 5) is 0. The zero-order valence-corrected chi connectivity index (χ0v) is 11.3. The Kier molecular flexibility index (Phi) is 4.66. The Morgan fingerprint density at radius 1 is 1.18 bits per heavy atom. The van der Waals surface area contributed by atoms with Gasteiger partial charge < -0.3 is 9.88 Å². The molecule has 1 aliphatic carbocycles. The lowest BCUT2D eigenvalue weighted by atomic mass is 10.2. The van der Waals surface area contributed by atoms with Crippen molar-refractivity contribution >= 4 is 0 Å². The molecule has 0 bridgehead atoms. The van der Waals surface area contributed by atoms with Gasteiger partial charge in [-0.25, -0.2) is 0 Å². The second-order valence-corrected chi connectivity index (χ2v) is 5.17. The highest BCUT2D eigenvalue weighted by molar-refractivity contribution is 5.16. The van der Waals surface area contributed by atoms with E-state index in [4.69, 9.17) is 0 Å². The molecule has 0 aromatic carbocycles. The van der Waals surface area contributed by atoms with E-state index < -0.39 is 0 Å². The van der Waals surface area contributed by atoms with E-state index in [1.165, 1.54) is 49.9 Å². The van der Waals surface area contributed by atoms with Crippen molar-refractivity contribution in [3.8, 4) is 0 Å². The van der Waals surface area contributed by atoms with Crippen LogP contribution in [-0.4, -0.2) is 10.6 Å². The number of rotatable bonds is 6. The third-order valence-corrected chi connectivity index (χ3v) is 3.91. The van der Waals surface area contributed by atoms with Crippen molar-refractivity contribution in [3.63, 3.8) is 0 Å². The number of hydrogen-bond acceptors (Lipinski definition) is 1. The monoisotopic (exact) mass is 234 g/mol. The molecule has 0 atom stereocenters. The van der Waals surface area contributed by atoms with Crippen molar-refractivity contribution in [2.75, 3.05) is 0 Å². The minimum atomic E-state index is 0.768. The molecule has 0 amide bonds. The van der Waals surface area contributed by atoms with E-state index in [1.807, 2.05) is 0 Å². The van der Waals surface area contributed by atoms with Crippen molar-refractivity contribution in [2.24, 2.45) is 0 Å². The molecule has 2 nitrogen and oxygen atoms in total. The molecule has 96 valence electrons. The first kappa shape index (κ1) is 12.7. The summed E-state index contributed by atoms with van der Waals surface area (Å²) in [6.07, 6.45) is 8.00. The minimum absolute atomic E-state index is 0.768. The fourth-order valence-electron chi connectivity index (χ4n) is 2.97. The van der Waals surface area contributed by atoms with Gasteiger partial charge in [0.1, 0.15) is 0 Å². The van der Waals surface area contributed by atoms with E-state index in [2.05, 4.69) is 35.9 Å². The molecular formula is C15H26N2. The molecule has 17 heavy (non-hydrogen) atoms. The summed E-state index contributed by atoms with van der Waals surface area (Å²) in [6, 6.07) is 5.37. The van der Waals surface area contributed by atoms with Gasteiger partial charge in [0.2, 0.25) is 0 Å². The Morgan fingerprint density at radius 2 is 1.88 bits per heavy atom. The number of hydrogen-bond donors (Lipinski definition) is 1. The van der Waals surface area contributed by atoms with Gasteiger partial charge in [-0.1, -0.05) is 26.2 Å². The minimum Gasteiger partial charge on any atom is -0.348 e. The zero-order chi connectivity index (χ0) is 12.1. The van der Waals surface area contributed by atoms with Crippen LogP contribution >= 0.6 is 0 Å². The molecule has 0 radical (unpaired) electrons. The van der Waals surface area contributed by atoms with Crippen LogP contribution in [0.5, 0.6) is 0 Å². The van der Waals surface area contributed by atoms with Crippen molar-refractivity contribution in [1.82, 2.24) is 9.88 Å². The fourth-order valence-corrected chi connectivity index (χ4v) is 2.97. The Hall–Kier alpha value is -0.760. The average Bonchev–Trinajstić information content (AvgIpc) is 2.95. The highest BCUT2D eigenvalue weighted by Crippen LogP contribution is 2.19. The molecule has 2 heteroatoms. The number of nitrogens with zero attached hydrogens (tertiary/aromatic N) is 1. The van der Waals surface area contributed by atoms with Crippen molar-refractivity contribution < 1.29 is 0 Å². The molecule has 1 N–H and O–H groups in total. The van der Waals surface area contributed by atoms with Gasteiger partial charge in [0.05, 0.1) is 0 Å². The lowest BCUT2D eigenvalue weighted by Crippen LogP contribution is -2.26. The first-order chi connectivity index (χ1) is 8.35. The van der Waals surface area contributed by atoms with E-state index in [9.17, 15) is 0 Å². The summed E-state index contributed by atoms with van der Waals surface area (Å²) < 4.78 is 2.48. The van der Waals surface area contributed by atoms with E-state index in [1.54, 1.807) is 0 Å². The Balaban J connectivity index is 1.94. The highest BCUT2D eigenvalue weighted by atomic mass is 15.0. The van der Waals surface area contributed by atoms with E-state index in [0.29, 0.717) is 0 Å². The Labute approximate surface area is 105 Å². The van der Waals surface area contributed by atoms with E-state index >= 15 is 0 Å². The van der Waals surface area contributed by atoms with Crippen LogP contribution in [0.3, 0.4) is 0 Å². The molecule has 1 saturated carbocycles. The molecule has 1 aromatic rings. The molecule has 1 heterocycles. The maximum absolute atomic E-state index is 3.71. The first-order valence-electron chi connectivity index (χ1n) is 7.25. The molecule has 1 aliphatic rings. The predicted molar refractivity (Wildman–Crippen MR) is 73.2 cm³/mol. The molecule has 0 saturated heterocycles. The van der Waals surface area contributed by atoms with Crippen LogP contribution in [0.4, 0.5) is 0 Å². The van der Waals surface area contributed by atoms with Gasteiger partial charge >= 0.3 is 0 Å². The molecular weight excluding hydrogens is 208 g/mol. The van der Waals surface area contributed by atoms with Crippen molar-refractivity contribution in [3.05, 3.63) is 23.5 Å². The summed E-state index contributed by atoms with van der Waals surface area (Å²) >= 11 is 0. The lowest BCUT2D eigenvalue weighted by Gasteiger charge is -2.15. The van der Waals surface area contributed by atoms with Gasteiger partial charge in [-0.3, -0.25) is 0 Å². The third-order valence-electron chi connectivity index (χ3n) is 3.91. The second kappa shape index (κ2) is 6.25. The topological polar surface area (TPSA) is 17.0 Å². The van der Waals surface area contributed by atoms with Gasteiger partial charge in [0, 0.05) is 30.5 Å². The zero-order valence-electron chi connectivity index (χ0n) is 11.3. The maximum Gasteiger partial charge on any atom is 0.0361 e. The quantitative estimate of drug-likeness (QED) is 0.797. The third kappa shape index (κ3) is 3.12. The number of aryl methyl sites for hydroxylation is 1. The summed E-state index contributed by atoms with van der Waals surface area (Å²) in [5.74, 6) is 0. The van der Waals surface area contributed by atoms with Gasteiger partial charge in [-0.05, 0) is 38.3 Å². The Morgan fingerprint density at radius 3 is 2.53 bits per heavy atom. The molecule has 0 spiro atoms. The van der Waals surface area contributed by atoms with Gasteiger partial charge in [0.25, 0.3) is 0 Å². The van der Waals surface area contributed by atoms with Crippen molar-refractivity contribution in [2.45, 2.75) is 71.5 Å². The van der Waals surface area contributed by atoms with Crippen LogP contribution in [0.25, 0.3) is 0 Å². The molecule has 1 fully saturated rings. The summed E-state index contributed by atoms with van der Waals surface area (Å²) in [5.41, 5.74) is 2.96. The SMILES string of the molecule is CCCc1ccc(CNC2CCCC2)n1CC. The standard InChI is InChI=1S/C15H26N2/c1-3-7-14-10-11-15(17(14)4-2)12-16-13-8-5-6-9-13/h10-11,13,16H,3-9,12H2,1-2H3. The van der Waals surface area contributed by atoms with Crippen LogP contribution < -0.4 is 5.32 Å². The summed E-state index contributed by atoms with van der Waals surface area (Å²) in [6.45, 7) is 6.65. The van der Waals surface area contributed by atoms with Crippen LogP contribution in [-0.2, 0) is 19.5 Å². The van der Waals surface area contributed by atoms with Gasteiger partial charge in [-0.15, -0.1) is 0 Å². The van der Waals surface area contributed by atoms with Crippen LogP contribution in [0.1, 0.15) is 57.3 Å². The number of nitrogens with one attached hydrogen (secondary N) is 1. The van der Waals surface area contributed by atoms with Crippen molar-refractivity contribution in [1.29, 1.82) is 0 Å². The molecule has 0 unspecified atom stereocenters. The predicted octanol–water partition coefficient (Wildman–Crippen LogP) is 3.49. The largest absolute Gasteiger partial charge is 0.348 e. The van der Waals surface area contributed by atoms with E-state index in [0.717, 1.165) is 19.1 Å². The summed E-state index contributed by atoms with van der Waals surface area (Å²) in [7, 11) is 0.